The highest BCUT2D eigenvalue weighted by atomic mass is 16.9. The third-order valence-electron chi connectivity index (χ3n) is 7.56. The van der Waals surface area contributed by atoms with E-state index in [1.165, 1.54) is 57.8 Å². The van der Waals surface area contributed by atoms with E-state index in [4.69, 9.17) is 28.4 Å². The molecule has 6 atom stereocenters. The van der Waals surface area contributed by atoms with Crippen molar-refractivity contribution >= 4 is 0 Å². The van der Waals surface area contributed by atoms with Crippen LogP contribution in [-0.2, 0) is 28.4 Å². The van der Waals surface area contributed by atoms with Crippen LogP contribution in [-0.4, -0.2) is 103 Å². The SMILES string of the molecule is CCCCCCCCCCCCN(CCO)C[C@@H](O)COC[C@H]1O[C@@H]2OC(C)(C)O[C@@H]2[C@H]2OC(C)(C)O[C@H]21. The first kappa shape index (κ1) is 32.2. The standard InChI is InChI=1S/C29H55NO8/c1-6-7-8-9-10-11-12-13-14-15-16-30(17-18-31)19-22(32)20-33-21-23-24-25(36-28(2,3)35-24)26-27(34-23)38-29(4,5)37-26/h22-27,31-32H,6-21H2,1-5H3/t22-,23-,24+,25+,26-,27-/m1/s1. The van der Waals surface area contributed by atoms with Gasteiger partial charge >= 0.3 is 0 Å². The van der Waals surface area contributed by atoms with Crippen molar-refractivity contribution in [1.82, 2.24) is 4.90 Å². The second-order valence-electron chi connectivity index (χ2n) is 12.1. The van der Waals surface area contributed by atoms with Crippen LogP contribution in [0.3, 0.4) is 0 Å². The van der Waals surface area contributed by atoms with Crippen LogP contribution >= 0.6 is 0 Å². The molecule has 3 heterocycles. The van der Waals surface area contributed by atoms with Crippen LogP contribution in [0.25, 0.3) is 0 Å². The van der Waals surface area contributed by atoms with Crippen molar-refractivity contribution in [3.63, 3.8) is 0 Å². The summed E-state index contributed by atoms with van der Waals surface area (Å²) in [5, 5.41) is 20.1. The van der Waals surface area contributed by atoms with Gasteiger partial charge in [-0.2, -0.15) is 0 Å². The number of hydrogen-bond donors (Lipinski definition) is 2. The van der Waals surface area contributed by atoms with Gasteiger partial charge in [-0.05, 0) is 40.7 Å². The quantitative estimate of drug-likeness (QED) is 0.234. The van der Waals surface area contributed by atoms with Gasteiger partial charge < -0.3 is 38.6 Å². The minimum Gasteiger partial charge on any atom is -0.395 e. The van der Waals surface area contributed by atoms with Gasteiger partial charge in [0.05, 0.1) is 25.9 Å². The Morgan fingerprint density at radius 3 is 2.00 bits per heavy atom. The lowest BCUT2D eigenvalue weighted by molar-refractivity contribution is -0.244. The molecule has 9 heteroatoms. The summed E-state index contributed by atoms with van der Waals surface area (Å²) < 4.78 is 36.3. The van der Waals surface area contributed by atoms with Crippen LogP contribution in [0.15, 0.2) is 0 Å². The van der Waals surface area contributed by atoms with E-state index in [0.29, 0.717) is 13.1 Å². The Morgan fingerprint density at radius 2 is 1.34 bits per heavy atom. The zero-order valence-corrected chi connectivity index (χ0v) is 24.6. The molecule has 224 valence electrons. The van der Waals surface area contributed by atoms with Crippen LogP contribution in [0, 0.1) is 0 Å². The highest BCUT2D eigenvalue weighted by Gasteiger charge is 2.60. The molecule has 0 unspecified atom stereocenters. The summed E-state index contributed by atoms with van der Waals surface area (Å²) in [4.78, 5) is 2.12. The Labute approximate surface area is 230 Å². The first-order chi connectivity index (χ1) is 18.1. The minimum atomic E-state index is -0.758. The van der Waals surface area contributed by atoms with Crippen LogP contribution in [0.1, 0.15) is 98.8 Å². The number of ether oxygens (including phenoxy) is 6. The summed E-state index contributed by atoms with van der Waals surface area (Å²) in [5.74, 6) is -1.51. The van der Waals surface area contributed by atoms with E-state index in [0.717, 1.165) is 13.0 Å². The number of nitrogens with zero attached hydrogens (tertiary/aromatic N) is 1. The number of rotatable bonds is 19. The Bertz CT molecular complexity index is 662. The van der Waals surface area contributed by atoms with Crippen LogP contribution in [0.2, 0.25) is 0 Å². The molecular formula is C29H55NO8. The third kappa shape index (κ3) is 10.2. The summed E-state index contributed by atoms with van der Waals surface area (Å²) >= 11 is 0. The Balaban J connectivity index is 1.34. The summed E-state index contributed by atoms with van der Waals surface area (Å²) in [6, 6.07) is 0. The zero-order chi connectivity index (χ0) is 27.6. The van der Waals surface area contributed by atoms with Crippen molar-refractivity contribution < 1.29 is 38.6 Å². The fraction of sp³-hybridized carbons (Fsp3) is 1.00. The molecule has 38 heavy (non-hydrogen) atoms. The molecule has 0 radical (unpaired) electrons. The molecule has 0 bridgehead atoms. The topological polar surface area (TPSA) is 99.1 Å². The molecule has 2 N–H and O–H groups in total. The average Bonchev–Trinajstić information content (AvgIpc) is 3.34. The van der Waals surface area contributed by atoms with Gasteiger partial charge in [0.2, 0.25) is 0 Å². The smallest absolute Gasteiger partial charge is 0.190 e. The minimum absolute atomic E-state index is 0.0818. The van der Waals surface area contributed by atoms with Crippen molar-refractivity contribution in [2.45, 2.75) is 147 Å². The maximum atomic E-state index is 10.6. The molecule has 3 fully saturated rings. The Hall–Kier alpha value is -0.360. The van der Waals surface area contributed by atoms with Crippen LogP contribution in [0.5, 0.6) is 0 Å². The number of unbranched alkanes of at least 4 members (excludes halogenated alkanes) is 9. The largest absolute Gasteiger partial charge is 0.395 e. The van der Waals surface area contributed by atoms with Gasteiger partial charge in [0.25, 0.3) is 0 Å². The molecule has 0 aliphatic carbocycles. The van der Waals surface area contributed by atoms with Crippen molar-refractivity contribution in [2.75, 3.05) is 39.5 Å². The molecule has 3 rings (SSSR count). The molecule has 3 aliphatic rings. The first-order valence-electron chi connectivity index (χ1n) is 15.1. The highest BCUT2D eigenvalue weighted by Crippen LogP contribution is 2.44. The van der Waals surface area contributed by atoms with E-state index in [9.17, 15) is 10.2 Å². The lowest BCUT2D eigenvalue weighted by Gasteiger charge is -2.37. The van der Waals surface area contributed by atoms with E-state index in [2.05, 4.69) is 11.8 Å². The second kappa shape index (κ2) is 15.6. The molecule has 0 aromatic heterocycles. The van der Waals surface area contributed by atoms with Crippen LogP contribution in [0.4, 0.5) is 0 Å². The highest BCUT2D eigenvalue weighted by molar-refractivity contribution is 5.00. The molecule has 3 aliphatic heterocycles. The molecule has 0 aromatic carbocycles. The van der Waals surface area contributed by atoms with Gasteiger partial charge in [0, 0.05) is 13.1 Å². The van der Waals surface area contributed by atoms with Crippen molar-refractivity contribution in [3.8, 4) is 0 Å². The fourth-order valence-corrected chi connectivity index (χ4v) is 5.76. The molecule has 0 amide bonds. The molecular weight excluding hydrogens is 490 g/mol. The first-order valence-corrected chi connectivity index (χ1v) is 15.1. The molecule has 0 saturated carbocycles. The van der Waals surface area contributed by atoms with Gasteiger partial charge in [0.1, 0.15) is 24.4 Å². The summed E-state index contributed by atoms with van der Waals surface area (Å²) in [7, 11) is 0. The summed E-state index contributed by atoms with van der Waals surface area (Å²) in [6.45, 7) is 12.2. The van der Waals surface area contributed by atoms with Crippen molar-refractivity contribution in [3.05, 3.63) is 0 Å². The van der Waals surface area contributed by atoms with Gasteiger partial charge in [-0.1, -0.05) is 64.7 Å². The van der Waals surface area contributed by atoms with E-state index in [-0.39, 0.29) is 38.1 Å². The molecule has 9 nitrogen and oxygen atoms in total. The second-order valence-corrected chi connectivity index (χ2v) is 12.1. The van der Waals surface area contributed by atoms with Crippen LogP contribution < -0.4 is 0 Å². The predicted molar refractivity (Wildman–Crippen MR) is 145 cm³/mol. The number of aliphatic hydroxyl groups is 2. The summed E-state index contributed by atoms with van der Waals surface area (Å²) in [5.41, 5.74) is 0. The monoisotopic (exact) mass is 545 g/mol. The molecule has 3 saturated heterocycles. The zero-order valence-electron chi connectivity index (χ0n) is 24.6. The van der Waals surface area contributed by atoms with Crippen molar-refractivity contribution in [1.29, 1.82) is 0 Å². The van der Waals surface area contributed by atoms with Crippen molar-refractivity contribution in [2.24, 2.45) is 0 Å². The fourth-order valence-electron chi connectivity index (χ4n) is 5.76. The normalized spacial score (nSPS) is 30.5. The predicted octanol–water partition coefficient (Wildman–Crippen LogP) is 3.98. The molecule has 0 spiro atoms. The lowest BCUT2D eigenvalue weighted by Crippen LogP contribution is -2.56. The Morgan fingerprint density at radius 1 is 0.763 bits per heavy atom. The van der Waals surface area contributed by atoms with Gasteiger partial charge in [-0.3, -0.25) is 4.90 Å². The van der Waals surface area contributed by atoms with E-state index in [1.54, 1.807) is 0 Å². The maximum Gasteiger partial charge on any atom is 0.190 e. The van der Waals surface area contributed by atoms with Gasteiger partial charge in [0.15, 0.2) is 17.9 Å². The number of hydrogen-bond acceptors (Lipinski definition) is 9. The van der Waals surface area contributed by atoms with E-state index in [1.807, 2.05) is 27.7 Å². The maximum absolute atomic E-state index is 10.6. The van der Waals surface area contributed by atoms with Gasteiger partial charge in [-0.25, -0.2) is 0 Å². The number of aliphatic hydroxyl groups excluding tert-OH is 2. The molecule has 0 aromatic rings. The average molecular weight is 546 g/mol. The van der Waals surface area contributed by atoms with E-state index >= 15 is 0 Å². The number of fused-ring (bicyclic) bond motifs is 3. The summed E-state index contributed by atoms with van der Waals surface area (Å²) in [6.07, 6.45) is 10.3. The Kier molecular flexibility index (Phi) is 13.2. The lowest BCUT2D eigenvalue weighted by atomic mass is 9.99. The van der Waals surface area contributed by atoms with E-state index < -0.39 is 30.1 Å². The van der Waals surface area contributed by atoms with Gasteiger partial charge in [-0.15, -0.1) is 0 Å². The third-order valence-corrected chi connectivity index (χ3v) is 7.56.